The van der Waals surface area contributed by atoms with Gasteiger partial charge < -0.3 is 9.32 Å². The third kappa shape index (κ3) is 7.67. The van der Waals surface area contributed by atoms with E-state index in [2.05, 4.69) is 312 Å². The van der Waals surface area contributed by atoms with Crippen LogP contribution in [0.4, 0.5) is 17.1 Å². The Morgan fingerprint density at radius 3 is 1.17 bits per heavy atom. The molecule has 0 radical (unpaired) electrons. The second-order valence-electron chi connectivity index (χ2n) is 29.2. The summed E-state index contributed by atoms with van der Waals surface area (Å²) in [5.74, 6) is 0. The van der Waals surface area contributed by atoms with Crippen molar-refractivity contribution < 1.29 is 4.42 Å². The molecule has 0 N–H and O–H groups in total. The van der Waals surface area contributed by atoms with Gasteiger partial charge in [-0.3, -0.25) is 0 Å². The van der Waals surface area contributed by atoms with Crippen molar-refractivity contribution in [2.45, 2.75) is 125 Å². The zero-order valence-electron chi connectivity index (χ0n) is 52.1. The number of rotatable bonds is 4. The van der Waals surface area contributed by atoms with Gasteiger partial charge in [0.1, 0.15) is 11.2 Å². The standard InChI is InChI=1S/C84H73NOS/c1-79(2,3)50-32-38-58-59-39-33-51(80(4,5)6)45-68(59)83(67(58)44-50)65-27-17-13-22-56(65)60-40-36-54(48-69(60)83)85(73-29-19-15-24-62(73)63-26-21-31-75-78(63)64-25-16-20-30-74(64)86-75)55-37-41-61-57-23-14-18-28-66(57)84(70(61)49-55)71-46-52(81(7,8)9)34-42-76(71)87-77-43-35-53(47-72(77)84)82(10,11)12/h13-49H,1-12H3. The molecule has 1 aromatic heterocycles. The van der Waals surface area contributed by atoms with Gasteiger partial charge in [0.2, 0.25) is 0 Å². The van der Waals surface area contributed by atoms with Crippen molar-refractivity contribution in [1.29, 1.82) is 0 Å². The number of benzene rings is 11. The highest BCUT2D eigenvalue weighted by atomic mass is 32.2. The highest BCUT2D eigenvalue weighted by molar-refractivity contribution is 7.99. The van der Waals surface area contributed by atoms with Gasteiger partial charge in [-0.15, -0.1) is 0 Å². The molecule has 3 heteroatoms. The van der Waals surface area contributed by atoms with Crippen molar-refractivity contribution >= 4 is 50.8 Å². The van der Waals surface area contributed by atoms with Crippen LogP contribution in [0.5, 0.6) is 0 Å². The van der Waals surface area contributed by atoms with E-state index in [1.165, 1.54) is 110 Å². The summed E-state index contributed by atoms with van der Waals surface area (Å²) in [5, 5.41) is 2.23. The van der Waals surface area contributed by atoms with E-state index in [1.54, 1.807) is 0 Å². The van der Waals surface area contributed by atoms with Crippen LogP contribution in [0.3, 0.4) is 0 Å². The Kier molecular flexibility index (Phi) is 11.4. The number of furan rings is 1. The first-order chi connectivity index (χ1) is 41.6. The molecule has 0 saturated carbocycles. The molecule has 4 aliphatic rings. The lowest BCUT2D eigenvalue weighted by molar-refractivity contribution is 0.581. The van der Waals surface area contributed by atoms with Gasteiger partial charge in [-0.05, 0) is 182 Å². The monoisotopic (exact) mass is 1140 g/mol. The summed E-state index contributed by atoms with van der Waals surface area (Å²) in [4.78, 5) is 5.22. The number of anilines is 3. The summed E-state index contributed by atoms with van der Waals surface area (Å²) >= 11 is 1.93. The topological polar surface area (TPSA) is 16.4 Å². The van der Waals surface area contributed by atoms with Gasteiger partial charge in [0.25, 0.3) is 0 Å². The molecule has 2 nitrogen and oxygen atoms in total. The van der Waals surface area contributed by atoms with Crippen molar-refractivity contribution in [2.24, 2.45) is 0 Å². The SMILES string of the molecule is CC(C)(C)c1ccc2c(c1)C1(c3cc(C(C)(C)C)ccc3S2)c2ccccc2-c2ccc(N(c3ccc4c(c3)C3(c5ccccc5-4)c4cc(C(C)(C)C)ccc4-c4ccc(C(C)(C)C)cc43)c3ccccc3-c3cccc4oc5ccccc5c34)cc21. The van der Waals surface area contributed by atoms with Crippen LogP contribution in [0.25, 0.3) is 66.4 Å². The van der Waals surface area contributed by atoms with Crippen LogP contribution in [0, 0.1) is 0 Å². The lowest BCUT2D eigenvalue weighted by Crippen LogP contribution is -2.33. The van der Waals surface area contributed by atoms with Crippen molar-refractivity contribution in [3.8, 4) is 44.5 Å². The fourth-order valence-electron chi connectivity index (χ4n) is 15.6. The molecular weight excluding hydrogens is 1070 g/mol. The second-order valence-corrected chi connectivity index (χ2v) is 30.3. The first-order valence-corrected chi connectivity index (χ1v) is 32.0. The van der Waals surface area contributed by atoms with Crippen molar-refractivity contribution in [1.82, 2.24) is 0 Å². The maximum Gasteiger partial charge on any atom is 0.136 e. The summed E-state index contributed by atoms with van der Waals surface area (Å²) in [6.07, 6.45) is 0. The Labute approximate surface area is 518 Å². The predicted molar refractivity (Wildman–Crippen MR) is 366 cm³/mol. The van der Waals surface area contributed by atoms with E-state index >= 15 is 0 Å². The number of nitrogens with zero attached hydrogens (tertiary/aromatic N) is 1. The number of hydrogen-bond donors (Lipinski definition) is 0. The minimum atomic E-state index is -0.636. The molecule has 0 fully saturated rings. The van der Waals surface area contributed by atoms with Crippen LogP contribution < -0.4 is 4.90 Å². The number of hydrogen-bond acceptors (Lipinski definition) is 3. The Morgan fingerprint density at radius 1 is 0.299 bits per heavy atom. The summed E-state index contributed by atoms with van der Waals surface area (Å²) in [7, 11) is 0. The Hall–Kier alpha value is -8.63. The largest absolute Gasteiger partial charge is 0.456 e. The van der Waals surface area contributed by atoms with Crippen LogP contribution in [0.1, 0.15) is 150 Å². The van der Waals surface area contributed by atoms with E-state index in [4.69, 9.17) is 4.42 Å². The molecule has 0 unspecified atom stereocenters. The quantitative estimate of drug-likeness (QED) is 0.175. The summed E-state index contributed by atoms with van der Waals surface area (Å²) in [6, 6.07) is 87.2. The van der Waals surface area contributed by atoms with Gasteiger partial charge in [-0.25, -0.2) is 0 Å². The minimum absolute atomic E-state index is 0.0701. The third-order valence-electron chi connectivity index (χ3n) is 20.0. The summed E-state index contributed by atoms with van der Waals surface area (Å²) in [6.45, 7) is 28.3. The van der Waals surface area contributed by atoms with Gasteiger partial charge in [0, 0.05) is 37.5 Å². The van der Waals surface area contributed by atoms with Gasteiger partial charge in [0.15, 0.2) is 0 Å². The molecule has 11 aromatic carbocycles. The maximum atomic E-state index is 6.68. The van der Waals surface area contributed by atoms with E-state index in [9.17, 15) is 0 Å². The summed E-state index contributed by atoms with van der Waals surface area (Å²) < 4.78 is 6.68. The van der Waals surface area contributed by atoms with Gasteiger partial charge in [0.05, 0.1) is 16.5 Å². The molecule has 0 atom stereocenters. The smallest absolute Gasteiger partial charge is 0.136 e. The first kappa shape index (κ1) is 53.8. The molecule has 0 amide bonds. The predicted octanol–water partition coefficient (Wildman–Crippen LogP) is 23.1. The van der Waals surface area contributed by atoms with Crippen molar-refractivity contribution in [3.63, 3.8) is 0 Å². The molecule has 426 valence electrons. The van der Waals surface area contributed by atoms with E-state index in [0.717, 1.165) is 50.1 Å². The molecule has 0 bridgehead atoms. The molecule has 3 aliphatic carbocycles. The molecular formula is C84H73NOS. The van der Waals surface area contributed by atoms with Crippen LogP contribution in [-0.2, 0) is 32.5 Å². The summed E-state index contributed by atoms with van der Waals surface area (Å²) in [5.41, 5.74) is 29.6. The van der Waals surface area contributed by atoms with Crippen LogP contribution in [0.2, 0.25) is 0 Å². The Bertz CT molecular complexity index is 4770. The normalized spacial score (nSPS) is 14.8. The first-order valence-electron chi connectivity index (χ1n) is 31.2. The molecule has 1 aliphatic heterocycles. The van der Waals surface area contributed by atoms with Crippen LogP contribution in [0.15, 0.2) is 239 Å². The van der Waals surface area contributed by atoms with E-state index in [1.807, 2.05) is 11.8 Å². The molecule has 2 heterocycles. The highest BCUT2D eigenvalue weighted by Crippen LogP contribution is 2.66. The van der Waals surface area contributed by atoms with E-state index in [0.29, 0.717) is 0 Å². The highest BCUT2D eigenvalue weighted by Gasteiger charge is 2.54. The lowest BCUT2D eigenvalue weighted by atomic mass is 9.65. The molecule has 16 rings (SSSR count). The Balaban J connectivity index is 1.02. The molecule has 87 heavy (non-hydrogen) atoms. The Morgan fingerprint density at radius 2 is 0.667 bits per heavy atom. The maximum absolute atomic E-state index is 6.68. The third-order valence-corrected chi connectivity index (χ3v) is 21.2. The molecule has 2 spiro atoms. The molecule has 0 saturated heterocycles. The van der Waals surface area contributed by atoms with Gasteiger partial charge in [-0.2, -0.15) is 0 Å². The average molecular weight is 1140 g/mol. The van der Waals surface area contributed by atoms with Crippen molar-refractivity contribution in [2.75, 3.05) is 4.90 Å². The zero-order valence-corrected chi connectivity index (χ0v) is 52.9. The van der Waals surface area contributed by atoms with E-state index in [-0.39, 0.29) is 21.7 Å². The average Bonchev–Trinajstić information content (AvgIpc) is 1.55. The van der Waals surface area contributed by atoms with Crippen LogP contribution >= 0.6 is 11.8 Å². The van der Waals surface area contributed by atoms with E-state index < -0.39 is 10.8 Å². The van der Waals surface area contributed by atoms with Gasteiger partial charge >= 0.3 is 0 Å². The minimum Gasteiger partial charge on any atom is -0.456 e. The second kappa shape index (κ2) is 18.5. The number of para-hydroxylation sites is 2. The fraction of sp³-hybridized carbons (Fsp3) is 0.214. The lowest BCUT2D eigenvalue weighted by Gasteiger charge is -2.41. The fourth-order valence-corrected chi connectivity index (χ4v) is 16.7. The van der Waals surface area contributed by atoms with Crippen molar-refractivity contribution in [3.05, 3.63) is 291 Å². The zero-order chi connectivity index (χ0) is 59.9. The number of fused-ring (bicyclic) bond motifs is 22. The van der Waals surface area contributed by atoms with Crippen LogP contribution in [-0.4, -0.2) is 0 Å². The molecule has 12 aromatic rings. The van der Waals surface area contributed by atoms with Gasteiger partial charge in [-0.1, -0.05) is 265 Å².